The van der Waals surface area contributed by atoms with Gasteiger partial charge in [-0.1, -0.05) is 25.4 Å². The number of halogens is 1. The van der Waals surface area contributed by atoms with Crippen molar-refractivity contribution in [2.75, 3.05) is 36.4 Å². The zero-order chi connectivity index (χ0) is 22.6. The topological polar surface area (TPSA) is 103 Å². The summed E-state index contributed by atoms with van der Waals surface area (Å²) in [6.07, 6.45) is 5.15. The number of aromatic nitrogens is 4. The maximum absolute atomic E-state index is 12.9. The number of carbonyl (C=O) groups excluding carboxylic acids is 1. The van der Waals surface area contributed by atoms with Gasteiger partial charge >= 0.3 is 0 Å². The first kappa shape index (κ1) is 21.4. The highest BCUT2D eigenvalue weighted by Gasteiger charge is 2.59. The van der Waals surface area contributed by atoms with Crippen molar-refractivity contribution in [1.82, 2.24) is 24.6 Å². The number of likely N-dealkylation sites (tertiary alicyclic amines) is 1. The number of hydrogen-bond donors (Lipinski definition) is 1. The molecule has 31 heavy (non-hydrogen) atoms. The van der Waals surface area contributed by atoms with Crippen molar-refractivity contribution in [2.24, 2.45) is 23.3 Å². The lowest BCUT2D eigenvalue weighted by Gasteiger charge is -2.29. The van der Waals surface area contributed by atoms with Gasteiger partial charge in [-0.15, -0.1) is 0 Å². The third-order valence-corrected chi connectivity index (χ3v) is 6.97. The highest BCUT2D eigenvalue weighted by atomic mass is 35.5. The van der Waals surface area contributed by atoms with E-state index in [1.807, 2.05) is 18.1 Å². The number of anilines is 3. The van der Waals surface area contributed by atoms with Crippen LogP contribution in [0.2, 0.25) is 5.02 Å². The van der Waals surface area contributed by atoms with Crippen molar-refractivity contribution in [3.05, 3.63) is 23.6 Å². The Balaban J connectivity index is 1.55. The normalized spacial score (nSPS) is 25.5. The van der Waals surface area contributed by atoms with E-state index in [1.54, 1.807) is 30.9 Å². The van der Waals surface area contributed by atoms with E-state index in [-0.39, 0.29) is 16.7 Å². The van der Waals surface area contributed by atoms with Crippen LogP contribution in [0.4, 0.5) is 17.5 Å². The zero-order valence-corrected chi connectivity index (χ0v) is 19.2. The lowest BCUT2D eigenvalue weighted by atomic mass is 9.71. The summed E-state index contributed by atoms with van der Waals surface area (Å²) in [6.45, 7) is 10.4. The fourth-order valence-corrected chi connectivity index (χ4v) is 4.86. The van der Waals surface area contributed by atoms with E-state index >= 15 is 0 Å². The number of aryl methyl sites for hydroxylation is 1. The summed E-state index contributed by atoms with van der Waals surface area (Å²) in [7, 11) is 1.84. The molecule has 0 aromatic carbocycles. The van der Waals surface area contributed by atoms with Crippen LogP contribution >= 0.6 is 11.6 Å². The smallest absolute Gasteiger partial charge is 0.242 e. The van der Waals surface area contributed by atoms with Crippen LogP contribution in [0.5, 0.6) is 0 Å². The van der Waals surface area contributed by atoms with Gasteiger partial charge in [0.2, 0.25) is 11.9 Å². The summed E-state index contributed by atoms with van der Waals surface area (Å²) in [4.78, 5) is 25.9. The molecule has 10 heteroatoms. The van der Waals surface area contributed by atoms with E-state index in [1.165, 1.54) is 0 Å². The van der Waals surface area contributed by atoms with Gasteiger partial charge in [0, 0.05) is 50.3 Å². The summed E-state index contributed by atoms with van der Waals surface area (Å²) in [6, 6.07) is 2.13. The largest absolute Gasteiger partial charge is 0.354 e. The molecule has 2 aromatic heterocycles. The summed E-state index contributed by atoms with van der Waals surface area (Å²) >= 11 is 6.48. The van der Waals surface area contributed by atoms with Crippen LogP contribution in [0.3, 0.4) is 0 Å². The molecule has 164 valence electrons. The van der Waals surface area contributed by atoms with Crippen molar-refractivity contribution in [3.8, 4) is 6.07 Å². The van der Waals surface area contributed by atoms with Gasteiger partial charge in [-0.25, -0.2) is 4.98 Å². The average Bonchev–Trinajstić information content (AvgIpc) is 3.30. The molecule has 1 N–H and O–H groups in total. The number of fused-ring (bicyclic) bond motifs is 1. The van der Waals surface area contributed by atoms with Gasteiger partial charge in [-0.3, -0.25) is 9.48 Å². The van der Waals surface area contributed by atoms with Gasteiger partial charge in [0.25, 0.3) is 0 Å². The molecule has 0 unspecified atom stereocenters. The fraction of sp³-hybridized carbons (Fsp3) is 0.571. The number of rotatable bonds is 4. The standard InChI is InChI=1S/C21H27ClN8O/c1-19(2,9-23)17(31)30-12-20(3)10-29(11-21(20,4)13-30)16-15(22)7-24-18(27-16)26-14-6-25-28(5)8-14/h6-8H,10-13H2,1-5H3,(H,24,26,27)/t20-,21+. The predicted octanol–water partition coefficient (Wildman–Crippen LogP) is 2.83. The number of nitrogens with zero attached hydrogens (tertiary/aromatic N) is 7. The van der Waals surface area contributed by atoms with E-state index in [0.717, 1.165) is 5.69 Å². The van der Waals surface area contributed by atoms with Gasteiger partial charge in [0.15, 0.2) is 5.82 Å². The van der Waals surface area contributed by atoms with Crippen molar-refractivity contribution < 1.29 is 4.79 Å². The van der Waals surface area contributed by atoms with Gasteiger partial charge in [0.05, 0.1) is 24.2 Å². The number of carbonyl (C=O) groups is 1. The molecule has 0 radical (unpaired) electrons. The summed E-state index contributed by atoms with van der Waals surface area (Å²) < 4.78 is 1.70. The Hall–Kier alpha value is -2.86. The molecule has 2 fully saturated rings. The minimum Gasteiger partial charge on any atom is -0.354 e. The predicted molar refractivity (Wildman–Crippen MR) is 118 cm³/mol. The first-order valence-electron chi connectivity index (χ1n) is 10.2. The van der Waals surface area contributed by atoms with Crippen molar-refractivity contribution in [3.63, 3.8) is 0 Å². The van der Waals surface area contributed by atoms with Crippen LogP contribution < -0.4 is 10.2 Å². The van der Waals surface area contributed by atoms with Crippen LogP contribution in [0, 0.1) is 27.6 Å². The van der Waals surface area contributed by atoms with Crippen molar-refractivity contribution in [2.45, 2.75) is 27.7 Å². The van der Waals surface area contributed by atoms with Gasteiger partial charge < -0.3 is 15.1 Å². The molecule has 4 rings (SSSR count). The van der Waals surface area contributed by atoms with Gasteiger partial charge in [0.1, 0.15) is 10.4 Å². The highest BCUT2D eigenvalue weighted by molar-refractivity contribution is 6.32. The Morgan fingerprint density at radius 2 is 1.87 bits per heavy atom. The summed E-state index contributed by atoms with van der Waals surface area (Å²) in [5.41, 5.74) is -0.505. The van der Waals surface area contributed by atoms with E-state index in [4.69, 9.17) is 11.6 Å². The number of amides is 1. The van der Waals surface area contributed by atoms with Crippen LogP contribution in [0.1, 0.15) is 27.7 Å². The lowest BCUT2D eigenvalue weighted by Crippen LogP contribution is -2.42. The molecular weight excluding hydrogens is 416 g/mol. The van der Waals surface area contributed by atoms with E-state index in [2.05, 4.69) is 45.2 Å². The molecule has 0 aliphatic carbocycles. The quantitative estimate of drug-likeness (QED) is 0.776. The minimum absolute atomic E-state index is 0.110. The Labute approximate surface area is 187 Å². The maximum atomic E-state index is 12.9. The molecule has 2 aliphatic rings. The van der Waals surface area contributed by atoms with Gasteiger partial charge in [-0.2, -0.15) is 15.3 Å². The van der Waals surface area contributed by atoms with Crippen molar-refractivity contribution in [1.29, 1.82) is 5.26 Å². The Morgan fingerprint density at radius 1 is 1.23 bits per heavy atom. The van der Waals surface area contributed by atoms with E-state index < -0.39 is 5.41 Å². The van der Waals surface area contributed by atoms with E-state index in [9.17, 15) is 10.1 Å². The van der Waals surface area contributed by atoms with Crippen LogP contribution in [-0.4, -0.2) is 56.7 Å². The van der Waals surface area contributed by atoms with Crippen molar-refractivity contribution >= 4 is 35.0 Å². The number of nitrogens with one attached hydrogen (secondary N) is 1. The molecule has 0 spiro atoms. The van der Waals surface area contributed by atoms with E-state index in [0.29, 0.717) is 43.0 Å². The molecule has 1 amide bonds. The first-order chi connectivity index (χ1) is 14.5. The Kier molecular flexibility index (Phi) is 4.89. The third kappa shape index (κ3) is 3.59. The second-order valence-electron chi connectivity index (χ2n) is 9.77. The van der Waals surface area contributed by atoms with Crippen LogP contribution in [0.25, 0.3) is 0 Å². The molecule has 2 saturated heterocycles. The molecule has 2 atom stereocenters. The number of hydrogen-bond acceptors (Lipinski definition) is 7. The fourth-order valence-electron chi connectivity index (χ4n) is 4.65. The second-order valence-corrected chi connectivity index (χ2v) is 10.2. The molecular formula is C21H27ClN8O. The molecule has 0 saturated carbocycles. The Bertz CT molecular complexity index is 1060. The molecule has 2 aromatic rings. The van der Waals surface area contributed by atoms with Crippen LogP contribution in [0.15, 0.2) is 18.6 Å². The molecule has 2 aliphatic heterocycles. The Morgan fingerprint density at radius 3 is 2.42 bits per heavy atom. The average molecular weight is 443 g/mol. The summed E-state index contributed by atoms with van der Waals surface area (Å²) in [5, 5.41) is 17.2. The summed E-state index contributed by atoms with van der Waals surface area (Å²) in [5.74, 6) is 1.02. The first-order valence-corrected chi connectivity index (χ1v) is 10.6. The molecule has 4 heterocycles. The van der Waals surface area contributed by atoms with Crippen LogP contribution in [-0.2, 0) is 11.8 Å². The SMILES string of the molecule is Cn1cc(Nc2ncc(Cl)c(N3C[C@]4(C)CN(C(=O)C(C)(C)C#N)C[C@]4(C)C3)n2)cn1. The second kappa shape index (κ2) is 7.09. The van der Waals surface area contributed by atoms with Gasteiger partial charge in [-0.05, 0) is 13.8 Å². The molecule has 0 bridgehead atoms. The minimum atomic E-state index is -1.02. The monoisotopic (exact) mass is 442 g/mol. The third-order valence-electron chi connectivity index (χ3n) is 6.70. The zero-order valence-electron chi connectivity index (χ0n) is 18.5. The number of nitriles is 1. The maximum Gasteiger partial charge on any atom is 0.242 e. The highest BCUT2D eigenvalue weighted by Crippen LogP contribution is 2.53. The lowest BCUT2D eigenvalue weighted by molar-refractivity contribution is -0.137. The molecule has 9 nitrogen and oxygen atoms in total.